The Morgan fingerprint density at radius 1 is 1.22 bits per heavy atom. The third-order valence-corrected chi connectivity index (χ3v) is 4.65. The van der Waals surface area contributed by atoms with Crippen molar-refractivity contribution in [3.8, 4) is 0 Å². The summed E-state index contributed by atoms with van der Waals surface area (Å²) in [4.78, 5) is 20.2. The van der Waals surface area contributed by atoms with Crippen LogP contribution in [0.4, 0.5) is 0 Å². The molecule has 4 nitrogen and oxygen atoms in total. The van der Waals surface area contributed by atoms with Crippen LogP contribution < -0.4 is 0 Å². The summed E-state index contributed by atoms with van der Waals surface area (Å²) in [5, 5.41) is 0. The van der Waals surface area contributed by atoms with Crippen LogP contribution in [-0.4, -0.2) is 33.0 Å². The van der Waals surface area contributed by atoms with Gasteiger partial charge in [-0.1, -0.05) is 18.2 Å². The second-order valence-corrected chi connectivity index (χ2v) is 6.05. The Labute approximate surface area is 140 Å². The van der Waals surface area contributed by atoms with Crippen molar-refractivity contribution in [2.45, 2.75) is 18.4 Å². The number of pyridine rings is 1. The Morgan fingerprint density at radius 2 is 2.00 bits per heavy atom. The highest BCUT2D eigenvalue weighted by Gasteiger charge is 2.18. The molecule has 0 bridgehead atoms. The van der Waals surface area contributed by atoms with E-state index in [1.54, 1.807) is 11.8 Å². The third-order valence-electron chi connectivity index (χ3n) is 3.85. The number of hydrogen-bond donors (Lipinski definition) is 0. The summed E-state index contributed by atoms with van der Waals surface area (Å²) < 4.78 is 2.02. The number of thioether (sulfide) groups is 1. The zero-order valence-electron chi connectivity index (χ0n) is 13.3. The maximum atomic E-state index is 12.9. The summed E-state index contributed by atoms with van der Waals surface area (Å²) in [5.74, 6) is 0.0586. The zero-order chi connectivity index (χ0) is 16.2. The molecule has 0 N–H and O–H groups in total. The smallest absolute Gasteiger partial charge is 0.255 e. The van der Waals surface area contributed by atoms with Crippen molar-refractivity contribution in [1.82, 2.24) is 14.3 Å². The summed E-state index contributed by atoms with van der Waals surface area (Å²) in [6.45, 7) is 3.20. The molecule has 1 aromatic carbocycles. The average Bonchev–Trinajstić information content (AvgIpc) is 3.02. The van der Waals surface area contributed by atoms with Crippen molar-refractivity contribution in [2.24, 2.45) is 0 Å². The Morgan fingerprint density at radius 3 is 2.78 bits per heavy atom. The van der Waals surface area contributed by atoms with Crippen molar-refractivity contribution in [1.29, 1.82) is 0 Å². The Kier molecular flexibility index (Phi) is 4.67. The Hall–Kier alpha value is -2.27. The van der Waals surface area contributed by atoms with Crippen molar-refractivity contribution in [3.05, 3.63) is 66.1 Å². The van der Waals surface area contributed by atoms with Gasteiger partial charge < -0.3 is 9.30 Å². The van der Waals surface area contributed by atoms with E-state index in [1.165, 1.54) is 0 Å². The average molecular weight is 325 g/mol. The van der Waals surface area contributed by atoms with Gasteiger partial charge in [-0.3, -0.25) is 4.79 Å². The second kappa shape index (κ2) is 6.87. The predicted molar refractivity (Wildman–Crippen MR) is 93.8 cm³/mol. The minimum Gasteiger partial charge on any atom is -0.333 e. The van der Waals surface area contributed by atoms with E-state index in [1.807, 2.05) is 77.3 Å². The number of nitrogens with zero attached hydrogens (tertiary/aromatic N) is 3. The second-order valence-electron chi connectivity index (χ2n) is 5.20. The number of imidazole rings is 1. The van der Waals surface area contributed by atoms with Gasteiger partial charge in [0.2, 0.25) is 0 Å². The maximum Gasteiger partial charge on any atom is 0.255 e. The molecule has 0 radical (unpaired) electrons. The first kappa shape index (κ1) is 15.6. The summed E-state index contributed by atoms with van der Waals surface area (Å²) in [5.41, 5.74) is 2.67. The molecule has 3 rings (SSSR count). The largest absolute Gasteiger partial charge is 0.333 e. The lowest BCUT2D eigenvalue weighted by Crippen LogP contribution is -2.31. The monoisotopic (exact) mass is 325 g/mol. The molecule has 1 amide bonds. The number of hydrogen-bond acceptors (Lipinski definition) is 3. The molecule has 0 unspecified atom stereocenters. The highest BCUT2D eigenvalue weighted by molar-refractivity contribution is 7.98. The molecule has 2 heterocycles. The fraction of sp³-hybridized carbons (Fsp3) is 0.222. The van der Waals surface area contributed by atoms with Crippen LogP contribution in [0.3, 0.4) is 0 Å². The van der Waals surface area contributed by atoms with E-state index in [2.05, 4.69) is 4.98 Å². The highest BCUT2D eigenvalue weighted by Crippen LogP contribution is 2.22. The van der Waals surface area contributed by atoms with Crippen molar-refractivity contribution in [2.75, 3.05) is 12.8 Å². The van der Waals surface area contributed by atoms with Gasteiger partial charge in [0.1, 0.15) is 5.65 Å². The lowest BCUT2D eigenvalue weighted by molar-refractivity contribution is 0.0747. The van der Waals surface area contributed by atoms with E-state index in [4.69, 9.17) is 0 Å². The number of amides is 1. The minimum atomic E-state index is 0.0586. The minimum absolute atomic E-state index is 0.0586. The summed E-state index contributed by atoms with van der Waals surface area (Å²) in [6, 6.07) is 13.6. The van der Waals surface area contributed by atoms with Crippen LogP contribution in [0.5, 0.6) is 0 Å². The van der Waals surface area contributed by atoms with Crippen LogP contribution in [0.2, 0.25) is 0 Å². The van der Waals surface area contributed by atoms with Gasteiger partial charge in [0, 0.05) is 17.6 Å². The van der Waals surface area contributed by atoms with Gasteiger partial charge in [-0.15, -0.1) is 11.8 Å². The molecule has 0 atom stereocenters. The van der Waals surface area contributed by atoms with Crippen LogP contribution in [0, 0.1) is 0 Å². The molecule has 0 aliphatic carbocycles. The predicted octanol–water partition coefficient (Wildman–Crippen LogP) is 3.72. The lowest BCUT2D eigenvalue weighted by atomic mass is 10.2. The molecule has 0 fully saturated rings. The van der Waals surface area contributed by atoms with E-state index in [-0.39, 0.29) is 5.91 Å². The van der Waals surface area contributed by atoms with E-state index >= 15 is 0 Å². The van der Waals surface area contributed by atoms with Gasteiger partial charge in [0.15, 0.2) is 0 Å². The molecule has 5 heteroatoms. The molecule has 0 spiro atoms. The topological polar surface area (TPSA) is 37.6 Å². The van der Waals surface area contributed by atoms with Crippen LogP contribution in [-0.2, 0) is 6.54 Å². The van der Waals surface area contributed by atoms with E-state index < -0.39 is 0 Å². The molecule has 3 aromatic rings. The van der Waals surface area contributed by atoms with Crippen LogP contribution in [0.15, 0.2) is 59.8 Å². The standard InChI is InChI=1S/C18H19N3OS/c1-3-20(18(22)15-8-4-5-9-16(15)23-2)13-14-12-19-17-10-6-7-11-21(14)17/h4-12H,3,13H2,1-2H3. The third kappa shape index (κ3) is 3.10. The molecular weight excluding hydrogens is 306 g/mol. The van der Waals surface area contributed by atoms with Gasteiger partial charge in [-0.25, -0.2) is 4.98 Å². The maximum absolute atomic E-state index is 12.9. The molecule has 0 aliphatic heterocycles. The molecule has 23 heavy (non-hydrogen) atoms. The van der Waals surface area contributed by atoms with Crippen LogP contribution in [0.25, 0.3) is 5.65 Å². The summed E-state index contributed by atoms with van der Waals surface area (Å²) in [7, 11) is 0. The fourth-order valence-corrected chi connectivity index (χ4v) is 3.21. The first-order valence-corrected chi connectivity index (χ1v) is 8.80. The molecule has 0 aliphatic rings. The number of carbonyl (C=O) groups excluding carboxylic acids is 1. The number of carbonyl (C=O) groups is 1. The summed E-state index contributed by atoms with van der Waals surface area (Å²) in [6.07, 6.45) is 5.81. The van der Waals surface area contributed by atoms with Crippen LogP contribution >= 0.6 is 11.8 Å². The lowest BCUT2D eigenvalue weighted by Gasteiger charge is -2.21. The highest BCUT2D eigenvalue weighted by atomic mass is 32.2. The molecular formula is C18H19N3OS. The number of fused-ring (bicyclic) bond motifs is 1. The van der Waals surface area contributed by atoms with Crippen molar-refractivity contribution >= 4 is 23.3 Å². The number of aromatic nitrogens is 2. The molecule has 0 saturated carbocycles. The van der Waals surface area contributed by atoms with E-state index in [0.717, 1.165) is 21.8 Å². The first-order chi connectivity index (χ1) is 11.2. The normalized spacial score (nSPS) is 10.9. The number of rotatable bonds is 5. The molecule has 2 aromatic heterocycles. The fourth-order valence-electron chi connectivity index (χ4n) is 2.62. The van der Waals surface area contributed by atoms with Gasteiger partial charge in [0.05, 0.1) is 24.0 Å². The Bertz CT molecular complexity index is 828. The Balaban J connectivity index is 1.89. The molecule has 0 saturated heterocycles. The van der Waals surface area contributed by atoms with Gasteiger partial charge in [0.25, 0.3) is 5.91 Å². The SMILES string of the molecule is CCN(Cc1cnc2ccccn12)C(=O)c1ccccc1SC. The van der Waals surface area contributed by atoms with Gasteiger partial charge in [-0.05, 0) is 37.4 Å². The zero-order valence-corrected chi connectivity index (χ0v) is 14.1. The van der Waals surface area contributed by atoms with E-state index in [0.29, 0.717) is 13.1 Å². The van der Waals surface area contributed by atoms with Gasteiger partial charge in [-0.2, -0.15) is 0 Å². The van der Waals surface area contributed by atoms with Crippen molar-refractivity contribution in [3.63, 3.8) is 0 Å². The van der Waals surface area contributed by atoms with Crippen molar-refractivity contribution < 1.29 is 4.79 Å². The van der Waals surface area contributed by atoms with Crippen LogP contribution in [0.1, 0.15) is 23.0 Å². The number of benzene rings is 1. The first-order valence-electron chi connectivity index (χ1n) is 7.58. The van der Waals surface area contributed by atoms with Gasteiger partial charge >= 0.3 is 0 Å². The quantitative estimate of drug-likeness (QED) is 0.671. The summed E-state index contributed by atoms with van der Waals surface area (Å²) >= 11 is 1.60. The van der Waals surface area contributed by atoms with E-state index in [9.17, 15) is 4.79 Å². The molecule has 118 valence electrons.